The number of nitrogens with one attached hydrogen (secondary N) is 2. The van der Waals surface area contributed by atoms with Gasteiger partial charge in [0.15, 0.2) is 5.11 Å². The standard InChI is InChI=1S/C11H16N2O2S/c1-3-5-6-7-11(4-2)8(14)12-10(16)13-9(11)15/h5-6H,3-4,7H2,1-2H3,(H2,12,13,14,15,16)/b6-5+. The van der Waals surface area contributed by atoms with Gasteiger partial charge in [0.1, 0.15) is 5.41 Å². The Bertz CT molecular complexity index is 330. The average molecular weight is 240 g/mol. The predicted molar refractivity (Wildman–Crippen MR) is 65.7 cm³/mol. The molecule has 0 unspecified atom stereocenters. The molecule has 0 saturated carbocycles. The molecule has 1 aliphatic heterocycles. The smallest absolute Gasteiger partial charge is 0.242 e. The van der Waals surface area contributed by atoms with Crippen molar-refractivity contribution < 1.29 is 9.59 Å². The van der Waals surface area contributed by atoms with Crippen LogP contribution in [0.1, 0.15) is 33.1 Å². The lowest BCUT2D eigenvalue weighted by atomic mass is 9.78. The van der Waals surface area contributed by atoms with Gasteiger partial charge in [0, 0.05) is 0 Å². The van der Waals surface area contributed by atoms with Crippen LogP contribution in [0.25, 0.3) is 0 Å². The lowest BCUT2D eigenvalue weighted by Crippen LogP contribution is -2.61. The van der Waals surface area contributed by atoms with E-state index in [0.29, 0.717) is 12.8 Å². The normalized spacial score (nSPS) is 19.8. The van der Waals surface area contributed by atoms with Gasteiger partial charge in [0.05, 0.1) is 0 Å². The maximum absolute atomic E-state index is 11.9. The lowest BCUT2D eigenvalue weighted by molar-refractivity contribution is -0.143. The Balaban J connectivity index is 2.91. The van der Waals surface area contributed by atoms with E-state index in [4.69, 9.17) is 12.2 Å². The van der Waals surface area contributed by atoms with Crippen LogP contribution in [0.2, 0.25) is 0 Å². The van der Waals surface area contributed by atoms with Gasteiger partial charge in [-0.1, -0.05) is 26.0 Å². The second kappa shape index (κ2) is 5.21. The first-order valence-corrected chi connectivity index (χ1v) is 5.79. The van der Waals surface area contributed by atoms with Crippen molar-refractivity contribution in [3.05, 3.63) is 12.2 Å². The van der Waals surface area contributed by atoms with Gasteiger partial charge >= 0.3 is 0 Å². The second-order valence-electron chi connectivity index (χ2n) is 3.76. The number of hydrogen-bond donors (Lipinski definition) is 2. The summed E-state index contributed by atoms with van der Waals surface area (Å²) in [7, 11) is 0. The molecule has 16 heavy (non-hydrogen) atoms. The van der Waals surface area contributed by atoms with Crippen molar-refractivity contribution in [1.29, 1.82) is 0 Å². The maximum Gasteiger partial charge on any atom is 0.242 e. The van der Waals surface area contributed by atoms with Gasteiger partial charge in [0.2, 0.25) is 11.8 Å². The van der Waals surface area contributed by atoms with Crippen LogP contribution < -0.4 is 10.6 Å². The molecule has 1 aliphatic rings. The molecule has 1 heterocycles. The summed E-state index contributed by atoms with van der Waals surface area (Å²) in [6.45, 7) is 3.83. The van der Waals surface area contributed by atoms with Crippen molar-refractivity contribution in [3.8, 4) is 0 Å². The summed E-state index contributed by atoms with van der Waals surface area (Å²) in [5, 5.41) is 5.11. The molecule has 2 N–H and O–H groups in total. The first kappa shape index (κ1) is 12.8. The topological polar surface area (TPSA) is 58.2 Å². The highest BCUT2D eigenvalue weighted by Gasteiger charge is 2.46. The SMILES string of the molecule is CC/C=C/CC1(CC)C(=O)NC(=S)NC1=O. The van der Waals surface area contributed by atoms with Crippen LogP contribution in [0.15, 0.2) is 12.2 Å². The Morgan fingerprint density at radius 1 is 1.19 bits per heavy atom. The maximum atomic E-state index is 11.9. The fourth-order valence-corrected chi connectivity index (χ4v) is 1.87. The van der Waals surface area contributed by atoms with Gasteiger partial charge in [0.25, 0.3) is 0 Å². The van der Waals surface area contributed by atoms with Crippen molar-refractivity contribution in [1.82, 2.24) is 10.6 Å². The highest BCUT2D eigenvalue weighted by molar-refractivity contribution is 7.80. The summed E-state index contributed by atoms with van der Waals surface area (Å²) in [5.41, 5.74) is -1.01. The van der Waals surface area contributed by atoms with Crippen molar-refractivity contribution in [2.45, 2.75) is 33.1 Å². The fourth-order valence-electron chi connectivity index (χ4n) is 1.68. The van der Waals surface area contributed by atoms with E-state index < -0.39 is 5.41 Å². The summed E-state index contributed by atoms with van der Waals surface area (Å²) in [6.07, 6.45) is 5.59. The molecule has 0 aliphatic carbocycles. The van der Waals surface area contributed by atoms with Crippen LogP contribution in [0.4, 0.5) is 0 Å². The molecule has 4 nitrogen and oxygen atoms in total. The highest BCUT2D eigenvalue weighted by atomic mass is 32.1. The zero-order valence-corrected chi connectivity index (χ0v) is 10.3. The summed E-state index contributed by atoms with van der Waals surface area (Å²) >= 11 is 4.76. The third kappa shape index (κ3) is 2.29. The summed E-state index contributed by atoms with van der Waals surface area (Å²) in [4.78, 5) is 23.7. The predicted octanol–water partition coefficient (Wildman–Crippen LogP) is 1.27. The third-order valence-electron chi connectivity index (χ3n) is 2.80. The first-order valence-electron chi connectivity index (χ1n) is 5.38. The van der Waals surface area contributed by atoms with Crippen LogP contribution in [-0.4, -0.2) is 16.9 Å². The zero-order valence-electron chi connectivity index (χ0n) is 9.50. The van der Waals surface area contributed by atoms with E-state index in [9.17, 15) is 9.59 Å². The van der Waals surface area contributed by atoms with E-state index in [1.165, 1.54) is 0 Å². The molecule has 0 aromatic rings. The minimum atomic E-state index is -1.01. The molecular formula is C11H16N2O2S. The van der Waals surface area contributed by atoms with Crippen LogP contribution in [0.5, 0.6) is 0 Å². The van der Waals surface area contributed by atoms with E-state index in [-0.39, 0.29) is 16.9 Å². The summed E-state index contributed by atoms with van der Waals surface area (Å²) < 4.78 is 0. The number of allylic oxidation sites excluding steroid dienone is 2. The number of carbonyl (C=O) groups is 2. The largest absolute Gasteiger partial charge is 0.302 e. The molecule has 1 rings (SSSR count). The second-order valence-corrected chi connectivity index (χ2v) is 4.17. The van der Waals surface area contributed by atoms with Crippen LogP contribution in [-0.2, 0) is 9.59 Å². The Morgan fingerprint density at radius 3 is 2.19 bits per heavy atom. The van der Waals surface area contributed by atoms with Crippen LogP contribution in [0.3, 0.4) is 0 Å². The van der Waals surface area contributed by atoms with Crippen molar-refractivity contribution >= 4 is 29.1 Å². The molecule has 2 amide bonds. The molecule has 0 bridgehead atoms. The number of carbonyl (C=O) groups excluding carboxylic acids is 2. The minimum Gasteiger partial charge on any atom is -0.302 e. The van der Waals surface area contributed by atoms with E-state index in [2.05, 4.69) is 10.6 Å². The number of rotatable bonds is 4. The highest BCUT2D eigenvalue weighted by Crippen LogP contribution is 2.29. The molecule has 88 valence electrons. The Kier molecular flexibility index (Phi) is 4.18. The van der Waals surface area contributed by atoms with Gasteiger partial charge in [-0.25, -0.2) is 0 Å². The molecule has 0 aromatic carbocycles. The molecule has 1 fully saturated rings. The van der Waals surface area contributed by atoms with E-state index in [0.717, 1.165) is 6.42 Å². The fraction of sp³-hybridized carbons (Fsp3) is 0.545. The molecule has 0 spiro atoms. The Hall–Kier alpha value is -1.23. The van der Waals surface area contributed by atoms with Crippen LogP contribution in [0, 0.1) is 5.41 Å². The molecule has 0 atom stereocenters. The molecule has 0 aromatic heterocycles. The van der Waals surface area contributed by atoms with Gasteiger partial charge in [-0.15, -0.1) is 0 Å². The number of amides is 2. The van der Waals surface area contributed by atoms with E-state index in [1.54, 1.807) is 0 Å². The van der Waals surface area contributed by atoms with Crippen molar-refractivity contribution in [2.24, 2.45) is 5.41 Å². The van der Waals surface area contributed by atoms with Crippen LogP contribution >= 0.6 is 12.2 Å². The molecular weight excluding hydrogens is 224 g/mol. The van der Waals surface area contributed by atoms with E-state index in [1.807, 2.05) is 26.0 Å². The zero-order chi connectivity index (χ0) is 12.2. The monoisotopic (exact) mass is 240 g/mol. The average Bonchev–Trinajstić information content (AvgIpc) is 2.22. The third-order valence-corrected chi connectivity index (χ3v) is 3.00. The quantitative estimate of drug-likeness (QED) is 0.442. The van der Waals surface area contributed by atoms with Gasteiger partial charge in [-0.3, -0.25) is 9.59 Å². The van der Waals surface area contributed by atoms with Crippen molar-refractivity contribution in [3.63, 3.8) is 0 Å². The van der Waals surface area contributed by atoms with E-state index >= 15 is 0 Å². The number of thiocarbonyl (C=S) groups is 1. The first-order chi connectivity index (χ1) is 7.56. The lowest BCUT2D eigenvalue weighted by Gasteiger charge is -2.33. The number of hydrogen-bond acceptors (Lipinski definition) is 3. The summed E-state index contributed by atoms with van der Waals surface area (Å²) in [6, 6.07) is 0. The minimum absolute atomic E-state index is 0.0959. The van der Waals surface area contributed by atoms with Crippen molar-refractivity contribution in [2.75, 3.05) is 0 Å². The Labute approximate surface area is 100 Å². The Morgan fingerprint density at radius 2 is 1.75 bits per heavy atom. The van der Waals surface area contributed by atoms with Gasteiger partial charge < -0.3 is 10.6 Å². The van der Waals surface area contributed by atoms with Gasteiger partial charge in [-0.2, -0.15) is 0 Å². The molecule has 1 saturated heterocycles. The molecule has 5 heteroatoms. The van der Waals surface area contributed by atoms with Gasteiger partial charge in [-0.05, 0) is 31.5 Å². The summed E-state index contributed by atoms with van der Waals surface area (Å²) in [5.74, 6) is -0.603. The molecule has 0 radical (unpaired) electrons.